The van der Waals surface area contributed by atoms with E-state index in [1.807, 2.05) is 0 Å². The van der Waals surface area contributed by atoms with Crippen LogP contribution < -0.4 is 15.2 Å². The van der Waals surface area contributed by atoms with Gasteiger partial charge in [0.2, 0.25) is 5.91 Å². The summed E-state index contributed by atoms with van der Waals surface area (Å²) >= 11 is 0. The molecule has 2 N–H and O–H groups in total. The van der Waals surface area contributed by atoms with E-state index in [0.29, 0.717) is 0 Å². The summed E-state index contributed by atoms with van der Waals surface area (Å²) in [5, 5.41) is 0. The first-order valence-corrected chi connectivity index (χ1v) is 5.39. The summed E-state index contributed by atoms with van der Waals surface area (Å²) in [6.45, 7) is 0. The highest BCUT2D eigenvalue weighted by Gasteiger charge is 2.42. The fraction of sp³-hybridized carbons (Fsp3) is 0.167. The zero-order chi connectivity index (χ0) is 14.9. The van der Waals surface area contributed by atoms with Crippen LogP contribution in [-0.4, -0.2) is 30.9 Å². The Morgan fingerprint density at radius 2 is 2.00 bits per heavy atom. The number of ketones is 1. The molecule has 0 fully saturated rings. The molecule has 0 spiro atoms. The lowest BCUT2D eigenvalue weighted by Gasteiger charge is -2.21. The standard InChI is InChI=1S/C12H9NO7/c1-18-12(17)19-6-4-2-3-5-8(14)7(10(13)15)11(16)20-9(5)6/h2-4,7H,1H3,(H2,13,15). The average Bonchev–Trinajstić information content (AvgIpc) is 2.39. The molecule has 0 saturated heterocycles. The van der Waals surface area contributed by atoms with Gasteiger partial charge in [-0.15, -0.1) is 0 Å². The number of rotatable bonds is 2. The van der Waals surface area contributed by atoms with E-state index in [1.165, 1.54) is 18.2 Å². The molecule has 20 heavy (non-hydrogen) atoms. The maximum atomic E-state index is 12.0. The number of ether oxygens (including phenoxy) is 3. The lowest BCUT2D eigenvalue weighted by atomic mass is 9.93. The summed E-state index contributed by atoms with van der Waals surface area (Å²) in [6, 6.07) is 4.03. The molecule has 0 aliphatic carbocycles. The number of hydrogen-bond donors (Lipinski definition) is 1. The molecule has 1 unspecified atom stereocenters. The summed E-state index contributed by atoms with van der Waals surface area (Å²) in [4.78, 5) is 45.8. The molecule has 1 aliphatic rings. The molecule has 1 aromatic rings. The van der Waals surface area contributed by atoms with E-state index < -0.39 is 29.7 Å². The number of methoxy groups -OCH3 is 1. The third-order valence-corrected chi connectivity index (χ3v) is 2.59. The Balaban J connectivity index is 2.46. The Hall–Kier alpha value is -2.90. The number of para-hydroxylation sites is 1. The number of esters is 1. The Morgan fingerprint density at radius 3 is 2.60 bits per heavy atom. The van der Waals surface area contributed by atoms with Crippen LogP contribution in [0.1, 0.15) is 10.4 Å². The van der Waals surface area contributed by atoms with E-state index in [4.69, 9.17) is 15.2 Å². The second kappa shape index (κ2) is 5.00. The van der Waals surface area contributed by atoms with Crippen molar-refractivity contribution in [1.82, 2.24) is 0 Å². The van der Waals surface area contributed by atoms with Crippen LogP contribution in [0.5, 0.6) is 11.5 Å². The van der Waals surface area contributed by atoms with E-state index in [2.05, 4.69) is 4.74 Å². The lowest BCUT2D eigenvalue weighted by Crippen LogP contribution is -2.42. The van der Waals surface area contributed by atoms with Crippen molar-refractivity contribution in [3.05, 3.63) is 23.8 Å². The molecule has 0 bridgehead atoms. The van der Waals surface area contributed by atoms with E-state index in [1.54, 1.807) is 0 Å². The minimum absolute atomic E-state index is 0.0743. The minimum Gasteiger partial charge on any atom is -0.437 e. The highest BCUT2D eigenvalue weighted by molar-refractivity contribution is 6.25. The Morgan fingerprint density at radius 1 is 1.30 bits per heavy atom. The molecular formula is C12H9NO7. The quantitative estimate of drug-likeness (QED) is 0.351. The van der Waals surface area contributed by atoms with Crippen molar-refractivity contribution in [1.29, 1.82) is 0 Å². The summed E-state index contributed by atoms with van der Waals surface area (Å²) in [5.74, 6) is -5.14. The normalized spacial score (nSPS) is 16.9. The van der Waals surface area contributed by atoms with Crippen molar-refractivity contribution in [3.8, 4) is 11.5 Å². The number of primary amides is 1. The molecular weight excluding hydrogens is 270 g/mol. The smallest absolute Gasteiger partial charge is 0.437 e. The van der Waals surface area contributed by atoms with Crippen molar-refractivity contribution in [2.75, 3.05) is 7.11 Å². The van der Waals surface area contributed by atoms with Gasteiger partial charge in [0, 0.05) is 0 Å². The topological polar surface area (TPSA) is 122 Å². The Bertz CT molecular complexity index is 622. The number of amides is 1. The molecule has 1 heterocycles. The van der Waals surface area contributed by atoms with Crippen LogP contribution in [0.4, 0.5) is 4.79 Å². The number of nitrogens with two attached hydrogens (primary N) is 1. The van der Waals surface area contributed by atoms with Gasteiger partial charge < -0.3 is 19.9 Å². The van der Waals surface area contributed by atoms with Crippen LogP contribution in [0, 0.1) is 5.92 Å². The molecule has 1 aliphatic heterocycles. The van der Waals surface area contributed by atoms with Crippen molar-refractivity contribution < 1.29 is 33.4 Å². The average molecular weight is 279 g/mol. The molecule has 0 radical (unpaired) electrons. The van der Waals surface area contributed by atoms with Gasteiger partial charge in [0.15, 0.2) is 23.2 Å². The molecule has 0 saturated carbocycles. The Labute approximate surface area is 112 Å². The third kappa shape index (κ3) is 2.18. The maximum absolute atomic E-state index is 12.0. The second-order valence-corrected chi connectivity index (χ2v) is 3.81. The van der Waals surface area contributed by atoms with Gasteiger partial charge in [0.25, 0.3) is 0 Å². The van der Waals surface area contributed by atoms with Crippen LogP contribution in [-0.2, 0) is 14.3 Å². The Kier molecular flexibility index (Phi) is 3.38. The molecule has 8 nitrogen and oxygen atoms in total. The van der Waals surface area contributed by atoms with Gasteiger partial charge in [0.1, 0.15) is 0 Å². The van der Waals surface area contributed by atoms with Gasteiger partial charge >= 0.3 is 12.1 Å². The number of Topliss-reactive ketones (excluding diaryl/α,β-unsaturated/α-hetero) is 1. The fourth-order valence-corrected chi connectivity index (χ4v) is 1.69. The number of carbonyl (C=O) groups is 4. The van der Waals surface area contributed by atoms with Gasteiger partial charge in [-0.1, -0.05) is 6.07 Å². The summed E-state index contributed by atoms with van der Waals surface area (Å²) in [5.41, 5.74) is 4.91. The van der Waals surface area contributed by atoms with E-state index in [9.17, 15) is 19.2 Å². The molecule has 0 aromatic heterocycles. The molecule has 2 rings (SSSR count). The highest BCUT2D eigenvalue weighted by Crippen LogP contribution is 2.36. The van der Waals surface area contributed by atoms with E-state index in [0.717, 1.165) is 7.11 Å². The van der Waals surface area contributed by atoms with Crippen LogP contribution in [0.25, 0.3) is 0 Å². The first-order chi connectivity index (χ1) is 9.45. The van der Waals surface area contributed by atoms with Crippen molar-refractivity contribution >= 4 is 23.8 Å². The molecule has 104 valence electrons. The number of benzene rings is 1. The van der Waals surface area contributed by atoms with E-state index in [-0.39, 0.29) is 17.1 Å². The third-order valence-electron chi connectivity index (χ3n) is 2.59. The van der Waals surface area contributed by atoms with Crippen LogP contribution in [0.3, 0.4) is 0 Å². The molecule has 1 amide bonds. The minimum atomic E-state index is -1.70. The SMILES string of the molecule is COC(=O)Oc1cccc2c1OC(=O)C(C(N)=O)C2=O. The van der Waals surface area contributed by atoms with Crippen LogP contribution >= 0.6 is 0 Å². The van der Waals surface area contributed by atoms with Crippen LogP contribution in [0.15, 0.2) is 18.2 Å². The first kappa shape index (κ1) is 13.5. The fourth-order valence-electron chi connectivity index (χ4n) is 1.69. The summed E-state index contributed by atoms with van der Waals surface area (Å²) in [6.07, 6.45) is -1.04. The molecule has 8 heteroatoms. The van der Waals surface area contributed by atoms with Gasteiger partial charge in [-0.2, -0.15) is 0 Å². The first-order valence-electron chi connectivity index (χ1n) is 5.39. The maximum Gasteiger partial charge on any atom is 0.513 e. The van der Waals surface area contributed by atoms with Gasteiger partial charge in [-0.25, -0.2) is 4.79 Å². The van der Waals surface area contributed by atoms with Crippen molar-refractivity contribution in [2.45, 2.75) is 0 Å². The van der Waals surface area contributed by atoms with Gasteiger partial charge in [0.05, 0.1) is 12.7 Å². The predicted molar refractivity (Wildman–Crippen MR) is 62.1 cm³/mol. The zero-order valence-electron chi connectivity index (χ0n) is 10.2. The van der Waals surface area contributed by atoms with E-state index >= 15 is 0 Å². The summed E-state index contributed by atoms with van der Waals surface area (Å²) in [7, 11) is 1.10. The van der Waals surface area contributed by atoms with Crippen LogP contribution in [0.2, 0.25) is 0 Å². The number of hydrogen-bond acceptors (Lipinski definition) is 7. The number of fused-ring (bicyclic) bond motifs is 1. The van der Waals surface area contributed by atoms with Crippen molar-refractivity contribution in [2.24, 2.45) is 11.7 Å². The largest absolute Gasteiger partial charge is 0.513 e. The van der Waals surface area contributed by atoms with Crippen molar-refractivity contribution in [3.63, 3.8) is 0 Å². The summed E-state index contributed by atoms with van der Waals surface area (Å²) < 4.78 is 13.9. The predicted octanol–water partition coefficient (Wildman–Crippen LogP) is 0.0350. The van der Waals surface area contributed by atoms with Gasteiger partial charge in [-0.3, -0.25) is 14.4 Å². The highest BCUT2D eigenvalue weighted by atomic mass is 16.7. The zero-order valence-corrected chi connectivity index (χ0v) is 10.2. The lowest BCUT2D eigenvalue weighted by molar-refractivity contribution is -0.142. The second-order valence-electron chi connectivity index (χ2n) is 3.81. The number of carbonyl (C=O) groups excluding carboxylic acids is 4. The van der Waals surface area contributed by atoms with Gasteiger partial charge in [-0.05, 0) is 12.1 Å². The molecule has 1 aromatic carbocycles. The monoisotopic (exact) mass is 279 g/mol. The molecule has 1 atom stereocenters.